The molecule has 13 N–H and O–H groups in total. The number of rotatable bonds is 13. The zero-order chi connectivity index (χ0) is 52.2. The summed E-state index contributed by atoms with van der Waals surface area (Å²) in [5, 5.41) is 132. The van der Waals surface area contributed by atoms with Gasteiger partial charge in [0.1, 0.15) is 67.1 Å². The van der Waals surface area contributed by atoms with Crippen LogP contribution in [0.5, 0.6) is 0 Å². The zero-order valence-electron chi connectivity index (χ0n) is 41.2. The smallest absolute Gasteiger partial charge is 0.396 e. The summed E-state index contributed by atoms with van der Waals surface area (Å²) in [5.41, 5.74) is -1.43. The predicted octanol–water partition coefficient (Wildman–Crippen LogP) is -1.70. The second kappa shape index (κ2) is 19.9. The van der Waals surface area contributed by atoms with E-state index in [-0.39, 0.29) is 31.7 Å². The van der Waals surface area contributed by atoms with Gasteiger partial charge < -0.3 is 89.7 Å². The van der Waals surface area contributed by atoms with Gasteiger partial charge in [-0.05, 0) is 91.9 Å². The fourth-order valence-electron chi connectivity index (χ4n) is 14.8. The lowest BCUT2D eigenvalue weighted by Gasteiger charge is -2.70. The Hall–Kier alpha value is -1.37. The second-order valence-corrected chi connectivity index (χ2v) is 24.4. The van der Waals surface area contributed by atoms with Gasteiger partial charge in [-0.25, -0.2) is 4.18 Å². The minimum absolute atomic E-state index is 0.0183. The third-order valence-corrected chi connectivity index (χ3v) is 19.9. The molecular weight excluding hydrogens is 961 g/mol. The first kappa shape index (κ1) is 55.9. The van der Waals surface area contributed by atoms with Crippen molar-refractivity contribution in [2.45, 2.75) is 197 Å². The zero-order valence-corrected chi connectivity index (χ0v) is 42.0. The van der Waals surface area contributed by atoms with E-state index in [0.717, 1.165) is 11.1 Å². The van der Waals surface area contributed by atoms with Crippen molar-refractivity contribution in [3.63, 3.8) is 0 Å². The summed E-state index contributed by atoms with van der Waals surface area (Å²) in [6.45, 7) is 9.79. The van der Waals surface area contributed by atoms with Gasteiger partial charge in [0.15, 0.2) is 18.9 Å². The first-order chi connectivity index (χ1) is 33.2. The van der Waals surface area contributed by atoms with Gasteiger partial charge in [-0.1, -0.05) is 52.3 Å². The monoisotopic (exact) mass is 1040 g/mol. The molecular formula is C48H78O22S. The Morgan fingerprint density at radius 2 is 1.30 bits per heavy atom. The number of hydrogen-bond acceptors (Lipinski definition) is 21. The summed E-state index contributed by atoms with van der Waals surface area (Å²) in [7, 11) is -5.24. The highest BCUT2D eigenvalue weighted by Crippen LogP contribution is 2.74. The van der Waals surface area contributed by atoms with Gasteiger partial charge in [-0.3, -0.25) is 4.55 Å². The van der Waals surface area contributed by atoms with Crippen molar-refractivity contribution in [3.8, 4) is 0 Å². The van der Waals surface area contributed by atoms with Gasteiger partial charge in [0.2, 0.25) is 0 Å². The third kappa shape index (κ3) is 9.04. The molecule has 6 fully saturated rings. The number of fused-ring (bicyclic) bond motifs is 6. The van der Waals surface area contributed by atoms with Crippen molar-refractivity contribution in [2.24, 2.45) is 44.3 Å². The molecule has 8 aliphatic rings. The van der Waals surface area contributed by atoms with E-state index >= 15 is 0 Å². The minimum Gasteiger partial charge on any atom is -0.396 e. The van der Waals surface area contributed by atoms with Crippen LogP contribution >= 0.6 is 0 Å². The Balaban J connectivity index is 1.12. The van der Waals surface area contributed by atoms with Gasteiger partial charge in [-0.2, -0.15) is 8.42 Å². The number of hydrogen-bond donors (Lipinski definition) is 13. The summed E-state index contributed by atoms with van der Waals surface area (Å²) >= 11 is 0. The largest absolute Gasteiger partial charge is 0.397 e. The Labute approximate surface area is 414 Å². The van der Waals surface area contributed by atoms with Crippen LogP contribution in [0.15, 0.2) is 23.3 Å². The van der Waals surface area contributed by atoms with Crippen LogP contribution in [0.1, 0.15) is 92.9 Å². The quantitative estimate of drug-likeness (QED) is 0.0723. The van der Waals surface area contributed by atoms with E-state index in [1.54, 1.807) is 0 Å². The van der Waals surface area contributed by atoms with Gasteiger partial charge in [0.05, 0.1) is 44.7 Å². The summed E-state index contributed by atoms with van der Waals surface area (Å²) in [6.07, 6.45) is -19.6. The lowest BCUT2D eigenvalue weighted by Crippen LogP contribution is -2.68. The van der Waals surface area contributed by atoms with Crippen molar-refractivity contribution in [1.82, 2.24) is 0 Å². The van der Waals surface area contributed by atoms with Gasteiger partial charge in [-0.15, -0.1) is 0 Å². The molecule has 0 radical (unpaired) electrons. The lowest BCUT2D eigenvalue weighted by atomic mass is 9.35. The fourth-order valence-corrected chi connectivity index (χ4v) is 15.3. The van der Waals surface area contributed by atoms with Crippen molar-refractivity contribution >= 4 is 10.4 Å². The molecule has 0 spiro atoms. The maximum Gasteiger partial charge on any atom is 0.397 e. The molecule has 0 aromatic heterocycles. The molecule has 0 amide bonds. The van der Waals surface area contributed by atoms with Crippen LogP contribution in [0.3, 0.4) is 0 Å². The van der Waals surface area contributed by atoms with E-state index in [4.69, 9.17) is 28.4 Å². The summed E-state index contributed by atoms with van der Waals surface area (Å²) in [6, 6.07) is 0. The SMILES string of the molecule is CC1OC(OC2CCC3(C)C(CCC4(C)C3C=CC3=C5CC(C)(CO)CCC5(CO)C(O)CC34C)C2(C)CO)C(OC2OC(CO)C(O)C(O)C2O)C(OC2OC(CO)C(OS(=O)(=O)O)C(O)C2O)C1O. The summed E-state index contributed by atoms with van der Waals surface area (Å²) in [4.78, 5) is 0. The van der Waals surface area contributed by atoms with Crippen molar-refractivity contribution in [3.05, 3.63) is 23.3 Å². The summed E-state index contributed by atoms with van der Waals surface area (Å²) < 4.78 is 74.0. The maximum absolute atomic E-state index is 12.1. The van der Waals surface area contributed by atoms with E-state index in [0.29, 0.717) is 51.4 Å². The molecule has 0 aromatic carbocycles. The van der Waals surface area contributed by atoms with E-state index in [2.05, 4.69) is 44.0 Å². The molecule has 408 valence electrons. The number of ether oxygens (including phenoxy) is 6. The molecule has 0 aromatic rings. The molecule has 71 heavy (non-hydrogen) atoms. The van der Waals surface area contributed by atoms with Crippen LogP contribution in [0.4, 0.5) is 0 Å². The van der Waals surface area contributed by atoms with Crippen molar-refractivity contribution in [2.75, 3.05) is 33.0 Å². The van der Waals surface area contributed by atoms with E-state index in [1.807, 2.05) is 6.92 Å². The van der Waals surface area contributed by atoms with Gasteiger partial charge in [0.25, 0.3) is 0 Å². The van der Waals surface area contributed by atoms with Crippen LogP contribution in [0.25, 0.3) is 0 Å². The average Bonchev–Trinajstić information content (AvgIpc) is 3.32. The first-order valence-electron chi connectivity index (χ1n) is 25.0. The standard InChI is InChI=1S/C48H78O22S/c1-22-31(55)38(68-41-36(60)34(58)37(26(18-50)66-41)70-71(61,62)63)39(69-40-35(59)33(57)32(56)25(17-49)65-40)42(64-22)67-30-10-11-44(3)27(45(30,4)20-52)9-12-46(5)28(44)8-7-23-24-15-43(2,19-51)13-14-48(24,21-53)29(54)16-47(23,46)6/h7-8,22,25-42,49-60H,9-21H2,1-6H3,(H,61,62,63). The Morgan fingerprint density at radius 3 is 1.90 bits per heavy atom. The highest BCUT2D eigenvalue weighted by molar-refractivity contribution is 7.80. The number of aliphatic hydroxyl groups is 12. The molecule has 25 atom stereocenters. The van der Waals surface area contributed by atoms with Crippen molar-refractivity contribution < 1.29 is 107 Å². The van der Waals surface area contributed by atoms with Crippen LogP contribution in [-0.4, -0.2) is 212 Å². The number of allylic oxidation sites excluding steroid dienone is 3. The van der Waals surface area contributed by atoms with E-state index in [1.165, 1.54) is 6.92 Å². The predicted molar refractivity (Wildman–Crippen MR) is 243 cm³/mol. The fraction of sp³-hybridized carbons (Fsp3) is 0.917. The molecule has 23 heteroatoms. The number of aliphatic hydroxyl groups excluding tert-OH is 12. The molecule has 3 saturated carbocycles. The normalized spacial score (nSPS) is 53.4. The topological polar surface area (TPSA) is 362 Å². The molecule has 3 aliphatic heterocycles. The Morgan fingerprint density at radius 1 is 0.662 bits per heavy atom. The summed E-state index contributed by atoms with van der Waals surface area (Å²) in [5.74, 6) is -0.249. The van der Waals surface area contributed by atoms with Crippen LogP contribution in [0, 0.1) is 44.3 Å². The molecule has 8 rings (SSSR count). The Kier molecular flexibility index (Phi) is 15.6. The molecule has 22 nitrogen and oxygen atoms in total. The maximum atomic E-state index is 12.1. The van der Waals surface area contributed by atoms with Crippen LogP contribution in [0.2, 0.25) is 0 Å². The van der Waals surface area contributed by atoms with Crippen molar-refractivity contribution in [1.29, 1.82) is 0 Å². The van der Waals surface area contributed by atoms with Crippen LogP contribution < -0.4 is 0 Å². The van der Waals surface area contributed by atoms with Crippen LogP contribution in [-0.2, 0) is 43.0 Å². The molecule has 0 bridgehead atoms. The molecule has 3 saturated heterocycles. The van der Waals surface area contributed by atoms with Gasteiger partial charge in [0, 0.05) is 22.9 Å². The molecule has 3 heterocycles. The van der Waals surface area contributed by atoms with E-state index in [9.17, 15) is 74.2 Å². The highest BCUT2D eigenvalue weighted by Gasteiger charge is 2.69. The highest BCUT2D eigenvalue weighted by atomic mass is 32.3. The third-order valence-electron chi connectivity index (χ3n) is 19.4. The molecule has 25 unspecified atom stereocenters. The van der Waals surface area contributed by atoms with E-state index < -0.39 is 160 Å². The first-order valence-corrected chi connectivity index (χ1v) is 26.3. The van der Waals surface area contributed by atoms with Gasteiger partial charge >= 0.3 is 10.4 Å². The average molecular weight is 1040 g/mol. The second-order valence-electron chi connectivity index (χ2n) is 23.4. The molecule has 5 aliphatic carbocycles. The Bertz CT molecular complexity index is 2090. The minimum atomic E-state index is -5.24. The lowest BCUT2D eigenvalue weighted by molar-refractivity contribution is -0.397.